The minimum absolute atomic E-state index is 0.574. The van der Waals surface area contributed by atoms with E-state index in [9.17, 15) is 0 Å². The molecule has 1 aliphatic heterocycles. The van der Waals surface area contributed by atoms with Crippen LogP contribution in [-0.2, 0) is 6.42 Å². The Bertz CT molecular complexity index is 501. The molecule has 0 aliphatic carbocycles. The molecule has 1 aliphatic rings. The van der Waals surface area contributed by atoms with Gasteiger partial charge in [-0.15, -0.1) is 0 Å². The zero-order valence-corrected chi connectivity index (χ0v) is 9.95. The second kappa shape index (κ2) is 4.86. The topological polar surface area (TPSA) is 24.1 Å². The van der Waals surface area contributed by atoms with Gasteiger partial charge in [0.2, 0.25) is 0 Å². The van der Waals surface area contributed by atoms with Crippen molar-refractivity contribution in [3.63, 3.8) is 0 Å². The van der Waals surface area contributed by atoms with Gasteiger partial charge >= 0.3 is 0 Å². The third-order valence-electron chi connectivity index (χ3n) is 3.42. The van der Waals surface area contributed by atoms with E-state index in [2.05, 4.69) is 53.1 Å². The highest BCUT2D eigenvalue weighted by Crippen LogP contribution is 2.16. The number of rotatable bonds is 2. The van der Waals surface area contributed by atoms with E-state index in [0.717, 1.165) is 26.1 Å². The van der Waals surface area contributed by atoms with Crippen LogP contribution in [0.3, 0.4) is 0 Å². The fourth-order valence-corrected chi connectivity index (χ4v) is 2.51. The average Bonchev–Trinajstić information content (AvgIpc) is 2.40. The molecular formula is C15H18N2. The van der Waals surface area contributed by atoms with Crippen molar-refractivity contribution >= 4 is 10.8 Å². The van der Waals surface area contributed by atoms with Crippen molar-refractivity contribution in [2.45, 2.75) is 12.5 Å². The summed E-state index contributed by atoms with van der Waals surface area (Å²) in [5.74, 6) is 0. The summed E-state index contributed by atoms with van der Waals surface area (Å²) in [7, 11) is 0. The highest BCUT2D eigenvalue weighted by Gasteiger charge is 2.12. The van der Waals surface area contributed by atoms with Crippen LogP contribution in [0.4, 0.5) is 0 Å². The van der Waals surface area contributed by atoms with Crippen LogP contribution in [0, 0.1) is 0 Å². The zero-order chi connectivity index (χ0) is 11.5. The molecule has 0 unspecified atom stereocenters. The Morgan fingerprint density at radius 2 is 1.88 bits per heavy atom. The number of hydrogen-bond acceptors (Lipinski definition) is 2. The predicted molar refractivity (Wildman–Crippen MR) is 72.3 cm³/mol. The quantitative estimate of drug-likeness (QED) is 0.818. The Labute approximate surface area is 102 Å². The van der Waals surface area contributed by atoms with Gasteiger partial charge in [0.1, 0.15) is 0 Å². The molecule has 2 nitrogen and oxygen atoms in total. The van der Waals surface area contributed by atoms with E-state index in [1.807, 2.05) is 0 Å². The molecule has 17 heavy (non-hydrogen) atoms. The lowest BCUT2D eigenvalue weighted by molar-refractivity contribution is 0.417. The summed E-state index contributed by atoms with van der Waals surface area (Å²) < 4.78 is 0. The number of nitrogens with one attached hydrogen (secondary N) is 2. The predicted octanol–water partition coefficient (Wildman–Crippen LogP) is 1.94. The van der Waals surface area contributed by atoms with Crippen molar-refractivity contribution in [2.75, 3.05) is 19.6 Å². The third-order valence-corrected chi connectivity index (χ3v) is 3.42. The SMILES string of the molecule is c1ccc2cc(C[C@H]3CNCCN3)ccc2c1. The molecule has 1 fully saturated rings. The van der Waals surface area contributed by atoms with Crippen LogP contribution in [-0.4, -0.2) is 25.7 Å². The Morgan fingerprint density at radius 1 is 1.00 bits per heavy atom. The smallest absolute Gasteiger partial charge is 0.0233 e. The maximum Gasteiger partial charge on any atom is 0.0233 e. The highest BCUT2D eigenvalue weighted by molar-refractivity contribution is 5.82. The minimum Gasteiger partial charge on any atom is -0.314 e. The van der Waals surface area contributed by atoms with Crippen LogP contribution in [0.15, 0.2) is 42.5 Å². The lowest BCUT2D eigenvalue weighted by atomic mass is 10.0. The van der Waals surface area contributed by atoms with E-state index < -0.39 is 0 Å². The van der Waals surface area contributed by atoms with Gasteiger partial charge in [-0.05, 0) is 22.8 Å². The summed E-state index contributed by atoms with van der Waals surface area (Å²) in [4.78, 5) is 0. The molecular weight excluding hydrogens is 208 g/mol. The average molecular weight is 226 g/mol. The molecule has 1 atom stereocenters. The van der Waals surface area contributed by atoms with Crippen LogP contribution in [0.2, 0.25) is 0 Å². The Hall–Kier alpha value is -1.38. The monoisotopic (exact) mass is 226 g/mol. The molecule has 0 saturated carbocycles. The first kappa shape index (κ1) is 10.8. The lowest BCUT2D eigenvalue weighted by Crippen LogP contribution is -2.49. The number of piperazine rings is 1. The summed E-state index contributed by atoms with van der Waals surface area (Å²) >= 11 is 0. The van der Waals surface area contributed by atoms with Crippen LogP contribution in [0.5, 0.6) is 0 Å². The summed E-state index contributed by atoms with van der Waals surface area (Å²) in [6, 6.07) is 15.9. The fraction of sp³-hybridized carbons (Fsp3) is 0.333. The van der Waals surface area contributed by atoms with Gasteiger partial charge in [-0.2, -0.15) is 0 Å². The van der Waals surface area contributed by atoms with Gasteiger partial charge in [-0.3, -0.25) is 0 Å². The third kappa shape index (κ3) is 2.48. The van der Waals surface area contributed by atoms with Crippen LogP contribution in [0.1, 0.15) is 5.56 Å². The molecule has 2 aromatic carbocycles. The van der Waals surface area contributed by atoms with Gasteiger partial charge in [-0.25, -0.2) is 0 Å². The molecule has 0 amide bonds. The van der Waals surface area contributed by atoms with Gasteiger partial charge < -0.3 is 10.6 Å². The largest absolute Gasteiger partial charge is 0.314 e. The van der Waals surface area contributed by atoms with Crippen LogP contribution < -0.4 is 10.6 Å². The molecule has 3 rings (SSSR count). The molecule has 1 heterocycles. The second-order valence-electron chi connectivity index (χ2n) is 4.74. The standard InChI is InChI=1S/C15H18N2/c1-2-4-14-9-12(5-6-13(14)3-1)10-15-11-16-7-8-17-15/h1-6,9,15-17H,7-8,10-11H2/t15-/m0/s1. The van der Waals surface area contributed by atoms with Gasteiger partial charge in [0.25, 0.3) is 0 Å². The van der Waals surface area contributed by atoms with Crippen molar-refractivity contribution < 1.29 is 0 Å². The maximum atomic E-state index is 3.55. The van der Waals surface area contributed by atoms with Crippen LogP contribution in [0.25, 0.3) is 10.8 Å². The first-order valence-corrected chi connectivity index (χ1v) is 6.33. The van der Waals surface area contributed by atoms with E-state index in [1.165, 1.54) is 16.3 Å². The van der Waals surface area contributed by atoms with Crippen molar-refractivity contribution in [2.24, 2.45) is 0 Å². The van der Waals surface area contributed by atoms with E-state index in [0.29, 0.717) is 6.04 Å². The number of hydrogen-bond donors (Lipinski definition) is 2. The van der Waals surface area contributed by atoms with Gasteiger partial charge in [0.15, 0.2) is 0 Å². The van der Waals surface area contributed by atoms with Crippen molar-refractivity contribution in [3.8, 4) is 0 Å². The van der Waals surface area contributed by atoms with E-state index in [1.54, 1.807) is 0 Å². The molecule has 1 saturated heterocycles. The van der Waals surface area contributed by atoms with Crippen molar-refractivity contribution in [3.05, 3.63) is 48.0 Å². The number of fused-ring (bicyclic) bond motifs is 1. The fourth-order valence-electron chi connectivity index (χ4n) is 2.51. The van der Waals surface area contributed by atoms with Gasteiger partial charge in [0.05, 0.1) is 0 Å². The molecule has 0 bridgehead atoms. The molecule has 2 heteroatoms. The summed E-state index contributed by atoms with van der Waals surface area (Å²) in [6.07, 6.45) is 1.11. The van der Waals surface area contributed by atoms with E-state index in [4.69, 9.17) is 0 Å². The summed E-state index contributed by atoms with van der Waals surface area (Å²) in [5.41, 5.74) is 1.42. The first-order chi connectivity index (χ1) is 8.42. The highest BCUT2D eigenvalue weighted by atomic mass is 15.0. The van der Waals surface area contributed by atoms with Gasteiger partial charge in [-0.1, -0.05) is 42.5 Å². The minimum atomic E-state index is 0.574. The Kier molecular flexibility index (Phi) is 3.08. The summed E-state index contributed by atoms with van der Waals surface area (Å²) in [6.45, 7) is 3.25. The van der Waals surface area contributed by atoms with Crippen molar-refractivity contribution in [1.29, 1.82) is 0 Å². The zero-order valence-electron chi connectivity index (χ0n) is 9.95. The van der Waals surface area contributed by atoms with E-state index >= 15 is 0 Å². The van der Waals surface area contributed by atoms with Crippen LogP contribution >= 0.6 is 0 Å². The van der Waals surface area contributed by atoms with Crippen molar-refractivity contribution in [1.82, 2.24) is 10.6 Å². The second-order valence-corrected chi connectivity index (χ2v) is 4.74. The molecule has 2 N–H and O–H groups in total. The Morgan fingerprint density at radius 3 is 2.71 bits per heavy atom. The van der Waals surface area contributed by atoms with Gasteiger partial charge in [0, 0.05) is 25.7 Å². The Balaban J connectivity index is 1.80. The number of benzene rings is 2. The molecule has 88 valence electrons. The lowest BCUT2D eigenvalue weighted by Gasteiger charge is -2.24. The van der Waals surface area contributed by atoms with E-state index in [-0.39, 0.29) is 0 Å². The summed E-state index contributed by atoms with van der Waals surface area (Å²) in [5, 5.41) is 9.65. The maximum absolute atomic E-state index is 3.55. The normalized spacial score (nSPS) is 20.6. The molecule has 0 spiro atoms. The molecule has 2 aromatic rings. The molecule has 0 aromatic heterocycles. The first-order valence-electron chi connectivity index (χ1n) is 6.33. The molecule has 0 radical (unpaired) electrons.